The smallest absolute Gasteiger partial charge is 0.163 e. The van der Waals surface area contributed by atoms with Crippen molar-refractivity contribution in [3.05, 3.63) is 0 Å². The van der Waals surface area contributed by atoms with Gasteiger partial charge in [0.05, 0.1) is 6.42 Å². The van der Waals surface area contributed by atoms with Crippen molar-refractivity contribution >= 4 is 5.78 Å². The predicted molar refractivity (Wildman–Crippen MR) is 46.9 cm³/mol. The fourth-order valence-electron chi connectivity index (χ4n) is 0.720. The molecule has 0 aliphatic heterocycles. The number of rotatable bonds is 4. The number of hydrogen-bond donors (Lipinski definition) is 0. The van der Waals surface area contributed by atoms with Gasteiger partial charge < -0.3 is 9.47 Å². The molecular weight excluding hydrogens is 156 g/mol. The molecule has 0 heterocycles. The van der Waals surface area contributed by atoms with E-state index in [-0.39, 0.29) is 11.2 Å². The van der Waals surface area contributed by atoms with Crippen LogP contribution in [-0.2, 0) is 14.3 Å². The zero-order valence-electron chi connectivity index (χ0n) is 8.51. The average Bonchev–Trinajstić information content (AvgIpc) is 1.97. The van der Waals surface area contributed by atoms with Crippen molar-refractivity contribution in [2.24, 2.45) is 5.41 Å². The van der Waals surface area contributed by atoms with Crippen LogP contribution in [0, 0.1) is 5.41 Å². The van der Waals surface area contributed by atoms with Crippen molar-refractivity contribution in [3.8, 4) is 0 Å². The molecule has 0 aliphatic rings. The summed E-state index contributed by atoms with van der Waals surface area (Å²) in [6, 6.07) is 0. The van der Waals surface area contributed by atoms with Gasteiger partial charge in [0.1, 0.15) is 5.78 Å². The van der Waals surface area contributed by atoms with Gasteiger partial charge in [-0.25, -0.2) is 0 Å². The molecule has 3 heteroatoms. The van der Waals surface area contributed by atoms with Crippen molar-refractivity contribution in [1.29, 1.82) is 0 Å². The molecule has 0 aromatic heterocycles. The lowest BCUT2D eigenvalue weighted by Crippen LogP contribution is -2.27. The Labute approximate surface area is 74.0 Å². The molecule has 0 spiro atoms. The SMILES string of the molecule is COC(CC(=O)C(C)(C)C)OC. The van der Waals surface area contributed by atoms with Crippen molar-refractivity contribution in [2.45, 2.75) is 33.5 Å². The standard InChI is InChI=1S/C9H18O3/c1-9(2,3)7(10)6-8(11-4)12-5/h8H,6H2,1-5H3. The summed E-state index contributed by atoms with van der Waals surface area (Å²) < 4.78 is 9.84. The summed E-state index contributed by atoms with van der Waals surface area (Å²) in [6.45, 7) is 5.66. The van der Waals surface area contributed by atoms with Crippen molar-refractivity contribution in [2.75, 3.05) is 14.2 Å². The molecule has 0 aromatic carbocycles. The first kappa shape index (κ1) is 11.6. The maximum absolute atomic E-state index is 11.4. The summed E-state index contributed by atoms with van der Waals surface area (Å²) in [7, 11) is 3.06. The molecule has 0 saturated heterocycles. The third kappa shape index (κ3) is 3.83. The van der Waals surface area contributed by atoms with Crippen LogP contribution in [0.4, 0.5) is 0 Å². The van der Waals surface area contributed by atoms with Gasteiger partial charge in [0.25, 0.3) is 0 Å². The van der Waals surface area contributed by atoms with Crippen LogP contribution >= 0.6 is 0 Å². The zero-order valence-corrected chi connectivity index (χ0v) is 8.51. The molecule has 0 atom stereocenters. The van der Waals surface area contributed by atoms with E-state index in [1.807, 2.05) is 20.8 Å². The highest BCUT2D eigenvalue weighted by Crippen LogP contribution is 2.18. The lowest BCUT2D eigenvalue weighted by Gasteiger charge is -2.20. The third-order valence-electron chi connectivity index (χ3n) is 1.71. The van der Waals surface area contributed by atoms with Gasteiger partial charge in [-0.1, -0.05) is 20.8 Å². The summed E-state index contributed by atoms with van der Waals surface area (Å²) >= 11 is 0. The number of ketones is 1. The van der Waals surface area contributed by atoms with Crippen LogP contribution in [-0.4, -0.2) is 26.3 Å². The largest absolute Gasteiger partial charge is 0.355 e. The molecule has 0 aliphatic carbocycles. The molecule has 0 unspecified atom stereocenters. The number of carbonyl (C=O) groups excluding carboxylic acids is 1. The lowest BCUT2D eigenvalue weighted by molar-refractivity contribution is -0.143. The first-order chi connectivity index (χ1) is 5.41. The minimum Gasteiger partial charge on any atom is -0.355 e. The Morgan fingerprint density at radius 2 is 1.67 bits per heavy atom. The van der Waals surface area contributed by atoms with E-state index in [4.69, 9.17) is 9.47 Å². The van der Waals surface area contributed by atoms with Gasteiger partial charge in [-0.15, -0.1) is 0 Å². The summed E-state index contributed by atoms with van der Waals surface area (Å²) in [4.78, 5) is 11.4. The summed E-state index contributed by atoms with van der Waals surface area (Å²) in [5, 5.41) is 0. The van der Waals surface area contributed by atoms with E-state index in [0.717, 1.165) is 0 Å². The average molecular weight is 174 g/mol. The van der Waals surface area contributed by atoms with Gasteiger partial charge in [0.15, 0.2) is 6.29 Å². The van der Waals surface area contributed by atoms with Crippen LogP contribution in [0.2, 0.25) is 0 Å². The minimum atomic E-state index is -0.406. The van der Waals surface area contributed by atoms with Crippen molar-refractivity contribution in [1.82, 2.24) is 0 Å². The maximum atomic E-state index is 11.4. The monoisotopic (exact) mass is 174 g/mol. The van der Waals surface area contributed by atoms with Crippen LogP contribution in [0.15, 0.2) is 0 Å². The first-order valence-corrected chi connectivity index (χ1v) is 4.00. The van der Waals surface area contributed by atoms with Gasteiger partial charge >= 0.3 is 0 Å². The van der Waals surface area contributed by atoms with Gasteiger partial charge in [0.2, 0.25) is 0 Å². The van der Waals surface area contributed by atoms with Gasteiger partial charge in [-0.3, -0.25) is 4.79 Å². The molecule has 0 fully saturated rings. The second kappa shape index (κ2) is 4.58. The Bertz CT molecular complexity index is 142. The third-order valence-corrected chi connectivity index (χ3v) is 1.71. The normalized spacial score (nSPS) is 12.2. The molecule has 0 bridgehead atoms. The minimum absolute atomic E-state index is 0.149. The number of hydrogen-bond acceptors (Lipinski definition) is 3. The Hall–Kier alpha value is -0.410. The van der Waals surface area contributed by atoms with Crippen LogP contribution in [0.3, 0.4) is 0 Å². The van der Waals surface area contributed by atoms with Crippen LogP contribution in [0.5, 0.6) is 0 Å². The van der Waals surface area contributed by atoms with E-state index in [0.29, 0.717) is 6.42 Å². The number of methoxy groups -OCH3 is 2. The van der Waals surface area contributed by atoms with E-state index in [2.05, 4.69) is 0 Å². The lowest BCUT2D eigenvalue weighted by atomic mass is 9.89. The fraction of sp³-hybridized carbons (Fsp3) is 0.889. The fourth-order valence-corrected chi connectivity index (χ4v) is 0.720. The summed E-state index contributed by atoms with van der Waals surface area (Å²) in [5.74, 6) is 0.149. The first-order valence-electron chi connectivity index (χ1n) is 4.00. The van der Waals surface area contributed by atoms with Gasteiger partial charge in [-0.05, 0) is 0 Å². The number of carbonyl (C=O) groups is 1. The van der Waals surface area contributed by atoms with Gasteiger partial charge in [-0.2, -0.15) is 0 Å². The summed E-state index contributed by atoms with van der Waals surface area (Å²) in [5.41, 5.74) is -0.310. The maximum Gasteiger partial charge on any atom is 0.163 e. The number of Topliss-reactive ketones (excluding diaryl/α,β-unsaturated/α-hetero) is 1. The van der Waals surface area contributed by atoms with E-state index in [1.54, 1.807) is 0 Å². The Kier molecular flexibility index (Phi) is 4.42. The molecule has 0 rings (SSSR count). The highest BCUT2D eigenvalue weighted by molar-refractivity contribution is 5.83. The Balaban J connectivity index is 3.99. The molecule has 12 heavy (non-hydrogen) atoms. The van der Waals surface area contributed by atoms with E-state index in [9.17, 15) is 4.79 Å². The molecule has 72 valence electrons. The van der Waals surface area contributed by atoms with Crippen molar-refractivity contribution < 1.29 is 14.3 Å². The molecule has 3 nitrogen and oxygen atoms in total. The highest BCUT2D eigenvalue weighted by atomic mass is 16.7. The molecular formula is C9H18O3. The Morgan fingerprint density at radius 3 is 1.92 bits per heavy atom. The molecule has 0 saturated carbocycles. The van der Waals surface area contributed by atoms with Crippen LogP contribution < -0.4 is 0 Å². The zero-order chi connectivity index (χ0) is 9.78. The predicted octanol–water partition coefficient (Wildman–Crippen LogP) is 1.61. The van der Waals surface area contributed by atoms with E-state index >= 15 is 0 Å². The summed E-state index contributed by atoms with van der Waals surface area (Å²) in [6.07, 6.45) is -0.0898. The molecule has 0 N–H and O–H groups in total. The van der Waals surface area contributed by atoms with Crippen LogP contribution in [0.25, 0.3) is 0 Å². The molecule has 0 radical (unpaired) electrons. The molecule has 0 aromatic rings. The highest BCUT2D eigenvalue weighted by Gasteiger charge is 2.24. The van der Waals surface area contributed by atoms with E-state index < -0.39 is 6.29 Å². The quantitative estimate of drug-likeness (QED) is 0.607. The van der Waals surface area contributed by atoms with E-state index in [1.165, 1.54) is 14.2 Å². The van der Waals surface area contributed by atoms with Gasteiger partial charge in [0, 0.05) is 19.6 Å². The second-order valence-electron chi connectivity index (χ2n) is 3.78. The van der Waals surface area contributed by atoms with Crippen LogP contribution in [0.1, 0.15) is 27.2 Å². The van der Waals surface area contributed by atoms with Crippen molar-refractivity contribution in [3.63, 3.8) is 0 Å². The topological polar surface area (TPSA) is 35.5 Å². The molecule has 0 amide bonds. The second-order valence-corrected chi connectivity index (χ2v) is 3.78. The Morgan fingerprint density at radius 1 is 1.25 bits per heavy atom. The number of ether oxygens (including phenoxy) is 2.